The second-order valence-electron chi connectivity index (χ2n) is 7.35. The Morgan fingerprint density at radius 3 is 2.71 bits per heavy atom. The van der Waals surface area contributed by atoms with Gasteiger partial charge >= 0.3 is 12.0 Å². The molecular formula is C17H28N4O3. The molecule has 0 aliphatic carbocycles. The van der Waals surface area contributed by atoms with E-state index in [0.29, 0.717) is 24.7 Å². The van der Waals surface area contributed by atoms with Crippen LogP contribution in [0.3, 0.4) is 0 Å². The number of nitrogens with zero attached hydrogens (tertiary/aromatic N) is 3. The van der Waals surface area contributed by atoms with Gasteiger partial charge < -0.3 is 10.0 Å². The number of anilines is 1. The monoisotopic (exact) mass is 336 g/mol. The van der Waals surface area contributed by atoms with Gasteiger partial charge in [0.2, 0.25) is 0 Å². The molecule has 1 aliphatic heterocycles. The highest BCUT2D eigenvalue weighted by Gasteiger charge is 2.32. The van der Waals surface area contributed by atoms with Crippen LogP contribution < -0.4 is 5.32 Å². The number of carbonyl (C=O) groups excluding carboxylic acids is 1. The first-order valence-corrected chi connectivity index (χ1v) is 8.60. The van der Waals surface area contributed by atoms with Crippen molar-refractivity contribution in [1.82, 2.24) is 14.7 Å². The van der Waals surface area contributed by atoms with Crippen molar-refractivity contribution < 1.29 is 14.7 Å². The van der Waals surface area contributed by atoms with Crippen LogP contribution in [0, 0.1) is 17.8 Å². The number of aromatic nitrogens is 2. The minimum atomic E-state index is -0.838. The molecule has 0 spiro atoms. The minimum absolute atomic E-state index is 0.176. The van der Waals surface area contributed by atoms with Crippen molar-refractivity contribution in [2.45, 2.75) is 46.6 Å². The van der Waals surface area contributed by atoms with E-state index in [4.69, 9.17) is 0 Å². The number of nitrogens with one attached hydrogen (secondary N) is 1. The number of rotatable bonds is 5. The van der Waals surface area contributed by atoms with Gasteiger partial charge in [0, 0.05) is 19.2 Å². The molecule has 134 valence electrons. The molecule has 7 heteroatoms. The van der Waals surface area contributed by atoms with Crippen molar-refractivity contribution in [2.24, 2.45) is 17.8 Å². The van der Waals surface area contributed by atoms with Crippen LogP contribution in [0.1, 0.15) is 46.6 Å². The summed E-state index contributed by atoms with van der Waals surface area (Å²) in [6.07, 6.45) is 3.25. The van der Waals surface area contributed by atoms with Crippen molar-refractivity contribution in [2.75, 3.05) is 18.4 Å². The first-order chi connectivity index (χ1) is 11.3. The standard InChI is InChI=1S/C17H28N4O3/c1-11(2)7-13(4)21-15(5-6-18-21)19-17(24)20-9-12(3)8-14(10-20)16(22)23/h5-6,11-14H,7-10H2,1-4H3,(H,19,24)(H,22,23). The molecule has 3 atom stereocenters. The lowest BCUT2D eigenvalue weighted by Crippen LogP contribution is -2.47. The number of hydrogen-bond acceptors (Lipinski definition) is 3. The summed E-state index contributed by atoms with van der Waals surface area (Å²) >= 11 is 0. The van der Waals surface area contributed by atoms with Crippen LogP contribution in [0.15, 0.2) is 12.3 Å². The van der Waals surface area contributed by atoms with E-state index in [2.05, 4.69) is 31.2 Å². The van der Waals surface area contributed by atoms with Gasteiger partial charge in [-0.25, -0.2) is 9.48 Å². The number of carboxylic acids is 1. The van der Waals surface area contributed by atoms with E-state index in [1.807, 2.05) is 11.6 Å². The Morgan fingerprint density at radius 2 is 2.08 bits per heavy atom. The Balaban J connectivity index is 2.04. The second-order valence-corrected chi connectivity index (χ2v) is 7.35. The number of aliphatic carboxylic acids is 1. The summed E-state index contributed by atoms with van der Waals surface area (Å²) in [6, 6.07) is 1.70. The normalized spacial score (nSPS) is 22.5. The van der Waals surface area contributed by atoms with Gasteiger partial charge in [0.05, 0.1) is 18.2 Å². The van der Waals surface area contributed by atoms with Crippen LogP contribution in [0.4, 0.5) is 10.6 Å². The molecule has 0 saturated carbocycles. The number of carbonyl (C=O) groups is 2. The molecule has 0 aromatic carbocycles. The third-order valence-electron chi connectivity index (χ3n) is 4.43. The molecule has 2 heterocycles. The molecule has 2 amide bonds. The van der Waals surface area contributed by atoms with Crippen molar-refractivity contribution in [3.05, 3.63) is 12.3 Å². The highest BCUT2D eigenvalue weighted by Crippen LogP contribution is 2.24. The maximum Gasteiger partial charge on any atom is 0.323 e. The van der Waals surface area contributed by atoms with Crippen molar-refractivity contribution >= 4 is 17.8 Å². The van der Waals surface area contributed by atoms with E-state index in [-0.39, 0.29) is 24.5 Å². The van der Waals surface area contributed by atoms with Crippen LogP contribution in [0.5, 0.6) is 0 Å². The fourth-order valence-corrected chi connectivity index (χ4v) is 3.43. The molecule has 0 radical (unpaired) electrons. The largest absolute Gasteiger partial charge is 0.481 e. The molecule has 1 fully saturated rings. The minimum Gasteiger partial charge on any atom is -0.481 e. The van der Waals surface area contributed by atoms with Gasteiger partial charge in [-0.05, 0) is 31.6 Å². The fourth-order valence-electron chi connectivity index (χ4n) is 3.43. The van der Waals surface area contributed by atoms with Gasteiger partial charge in [-0.15, -0.1) is 0 Å². The molecule has 1 aromatic rings. The lowest BCUT2D eigenvalue weighted by molar-refractivity contribution is -0.143. The predicted molar refractivity (Wildman–Crippen MR) is 91.9 cm³/mol. The maximum atomic E-state index is 12.6. The molecular weight excluding hydrogens is 308 g/mol. The zero-order chi connectivity index (χ0) is 17.9. The molecule has 0 bridgehead atoms. The number of piperidine rings is 1. The summed E-state index contributed by atoms with van der Waals surface area (Å²) in [5.41, 5.74) is 0. The lowest BCUT2D eigenvalue weighted by Gasteiger charge is -2.34. The van der Waals surface area contributed by atoms with Crippen LogP contribution in [-0.4, -0.2) is 44.9 Å². The Bertz CT molecular complexity index is 584. The number of likely N-dealkylation sites (tertiary alicyclic amines) is 1. The lowest BCUT2D eigenvalue weighted by atomic mass is 9.91. The number of urea groups is 1. The SMILES string of the molecule is CC(C)CC(C)n1nccc1NC(=O)N1CC(C)CC(C(=O)O)C1. The Morgan fingerprint density at radius 1 is 1.38 bits per heavy atom. The Hall–Kier alpha value is -2.05. The molecule has 1 saturated heterocycles. The summed E-state index contributed by atoms with van der Waals surface area (Å²) in [5.74, 6) is 0.0277. The van der Waals surface area contributed by atoms with Crippen molar-refractivity contribution in [1.29, 1.82) is 0 Å². The molecule has 7 nitrogen and oxygen atoms in total. The van der Waals surface area contributed by atoms with Crippen LogP contribution >= 0.6 is 0 Å². The average molecular weight is 336 g/mol. The van der Waals surface area contributed by atoms with Gasteiger partial charge in [0.15, 0.2) is 0 Å². The third kappa shape index (κ3) is 4.49. The molecule has 2 N–H and O–H groups in total. The van der Waals surface area contributed by atoms with Crippen molar-refractivity contribution in [3.8, 4) is 0 Å². The smallest absolute Gasteiger partial charge is 0.323 e. The van der Waals surface area contributed by atoms with Crippen molar-refractivity contribution in [3.63, 3.8) is 0 Å². The number of hydrogen-bond donors (Lipinski definition) is 2. The summed E-state index contributed by atoms with van der Waals surface area (Å²) in [5, 5.41) is 16.4. The summed E-state index contributed by atoms with van der Waals surface area (Å²) in [4.78, 5) is 25.4. The molecule has 1 aliphatic rings. The van der Waals surface area contributed by atoms with E-state index in [0.717, 1.165) is 6.42 Å². The quantitative estimate of drug-likeness (QED) is 0.865. The van der Waals surface area contributed by atoms with E-state index in [1.165, 1.54) is 0 Å². The van der Waals surface area contributed by atoms with E-state index in [1.54, 1.807) is 17.2 Å². The average Bonchev–Trinajstić information content (AvgIpc) is 2.94. The van der Waals surface area contributed by atoms with Gasteiger partial charge in [0.1, 0.15) is 5.82 Å². The van der Waals surface area contributed by atoms with Gasteiger partial charge in [-0.1, -0.05) is 20.8 Å². The van der Waals surface area contributed by atoms with E-state index >= 15 is 0 Å². The van der Waals surface area contributed by atoms with Gasteiger partial charge in [-0.3, -0.25) is 10.1 Å². The van der Waals surface area contributed by atoms with E-state index < -0.39 is 11.9 Å². The second kappa shape index (κ2) is 7.68. The Labute approximate surface area is 143 Å². The fraction of sp³-hybridized carbons (Fsp3) is 0.706. The molecule has 2 rings (SSSR count). The first-order valence-electron chi connectivity index (χ1n) is 8.60. The zero-order valence-corrected chi connectivity index (χ0v) is 14.9. The van der Waals surface area contributed by atoms with Gasteiger partial charge in [0.25, 0.3) is 0 Å². The molecule has 1 aromatic heterocycles. The number of amides is 2. The molecule has 3 unspecified atom stereocenters. The number of carboxylic acid groups (broad SMARTS) is 1. The van der Waals surface area contributed by atoms with Crippen LogP contribution in [0.2, 0.25) is 0 Å². The van der Waals surface area contributed by atoms with Crippen LogP contribution in [-0.2, 0) is 4.79 Å². The predicted octanol–water partition coefficient (Wildman–Crippen LogP) is 3.06. The third-order valence-corrected chi connectivity index (χ3v) is 4.43. The van der Waals surface area contributed by atoms with Crippen LogP contribution in [0.25, 0.3) is 0 Å². The summed E-state index contributed by atoms with van der Waals surface area (Å²) in [6.45, 7) is 9.18. The zero-order valence-electron chi connectivity index (χ0n) is 14.9. The first kappa shape index (κ1) is 18.3. The summed E-state index contributed by atoms with van der Waals surface area (Å²) < 4.78 is 1.82. The van der Waals surface area contributed by atoms with E-state index in [9.17, 15) is 14.7 Å². The summed E-state index contributed by atoms with van der Waals surface area (Å²) in [7, 11) is 0. The Kier molecular flexibility index (Phi) is 5.85. The highest BCUT2D eigenvalue weighted by atomic mass is 16.4. The topological polar surface area (TPSA) is 87.5 Å². The maximum absolute atomic E-state index is 12.6. The highest BCUT2D eigenvalue weighted by molar-refractivity contribution is 5.89. The van der Waals surface area contributed by atoms with Gasteiger partial charge in [-0.2, -0.15) is 5.10 Å². The molecule has 24 heavy (non-hydrogen) atoms.